The number of benzene rings is 2. The van der Waals surface area contributed by atoms with Crippen LogP contribution in [0.15, 0.2) is 48.7 Å². The standard InChI is InChI=1S/C19H19N3O3/c1-12-7-8-14(9-13(12)2)25-11-18(23)21-22-19(24)16-10-20-17-6-4-3-5-15(16)17/h3-10,20H,11H2,1-2H3,(H,21,23)(H,22,24). The summed E-state index contributed by atoms with van der Waals surface area (Å²) in [7, 11) is 0. The number of hydrogen-bond donors (Lipinski definition) is 3. The summed E-state index contributed by atoms with van der Waals surface area (Å²) in [5.41, 5.74) is 8.32. The van der Waals surface area contributed by atoms with Crippen molar-refractivity contribution in [3.05, 3.63) is 65.4 Å². The van der Waals surface area contributed by atoms with Gasteiger partial charge >= 0.3 is 0 Å². The van der Waals surface area contributed by atoms with Crippen LogP contribution in [0, 0.1) is 13.8 Å². The van der Waals surface area contributed by atoms with Gasteiger partial charge < -0.3 is 9.72 Å². The highest BCUT2D eigenvalue weighted by molar-refractivity contribution is 6.07. The van der Waals surface area contributed by atoms with E-state index in [1.807, 2.05) is 50.2 Å². The van der Waals surface area contributed by atoms with E-state index in [2.05, 4.69) is 15.8 Å². The molecule has 0 aliphatic heterocycles. The number of carbonyl (C=O) groups is 2. The molecule has 3 rings (SSSR count). The monoisotopic (exact) mass is 337 g/mol. The lowest BCUT2D eigenvalue weighted by Crippen LogP contribution is -2.43. The van der Waals surface area contributed by atoms with E-state index in [9.17, 15) is 9.59 Å². The van der Waals surface area contributed by atoms with Crippen LogP contribution in [-0.2, 0) is 4.79 Å². The van der Waals surface area contributed by atoms with E-state index in [1.54, 1.807) is 12.3 Å². The van der Waals surface area contributed by atoms with Gasteiger partial charge in [-0.05, 0) is 43.2 Å². The van der Waals surface area contributed by atoms with E-state index in [0.29, 0.717) is 11.3 Å². The summed E-state index contributed by atoms with van der Waals surface area (Å²) in [6.07, 6.45) is 1.61. The molecule has 0 aliphatic rings. The second kappa shape index (κ2) is 7.09. The number of carbonyl (C=O) groups excluding carboxylic acids is 2. The van der Waals surface area contributed by atoms with E-state index in [1.165, 1.54) is 0 Å². The third-order valence-electron chi connectivity index (χ3n) is 4.00. The molecule has 6 heteroatoms. The molecule has 2 aromatic carbocycles. The quantitative estimate of drug-likeness (QED) is 0.640. The summed E-state index contributed by atoms with van der Waals surface area (Å²) in [6.45, 7) is 3.80. The highest BCUT2D eigenvalue weighted by Gasteiger charge is 2.12. The zero-order chi connectivity index (χ0) is 17.8. The maximum absolute atomic E-state index is 12.2. The molecule has 0 spiro atoms. The number of hydrogen-bond acceptors (Lipinski definition) is 3. The summed E-state index contributed by atoms with van der Waals surface area (Å²) in [6, 6.07) is 13.1. The number of hydrazine groups is 1. The number of H-pyrrole nitrogens is 1. The maximum Gasteiger partial charge on any atom is 0.276 e. The predicted octanol–water partition coefficient (Wildman–Crippen LogP) is 2.62. The number of ether oxygens (including phenoxy) is 1. The lowest BCUT2D eigenvalue weighted by atomic mass is 10.1. The highest BCUT2D eigenvalue weighted by atomic mass is 16.5. The predicted molar refractivity (Wildman–Crippen MR) is 95.3 cm³/mol. The molecule has 0 unspecified atom stereocenters. The van der Waals surface area contributed by atoms with Crippen molar-refractivity contribution in [1.29, 1.82) is 0 Å². The summed E-state index contributed by atoms with van der Waals surface area (Å²) in [5.74, 6) is -0.218. The Hall–Kier alpha value is -3.28. The van der Waals surface area contributed by atoms with E-state index < -0.39 is 11.8 Å². The Morgan fingerprint density at radius 3 is 2.64 bits per heavy atom. The molecule has 1 aromatic heterocycles. The summed E-state index contributed by atoms with van der Waals surface area (Å²) < 4.78 is 5.43. The van der Waals surface area contributed by atoms with E-state index in [4.69, 9.17) is 4.74 Å². The first kappa shape index (κ1) is 16.6. The van der Waals surface area contributed by atoms with Crippen LogP contribution < -0.4 is 15.6 Å². The third kappa shape index (κ3) is 3.80. The van der Waals surface area contributed by atoms with Crippen molar-refractivity contribution in [3.8, 4) is 5.75 Å². The van der Waals surface area contributed by atoms with Crippen molar-refractivity contribution in [2.45, 2.75) is 13.8 Å². The lowest BCUT2D eigenvalue weighted by Gasteiger charge is -2.09. The van der Waals surface area contributed by atoms with E-state index in [-0.39, 0.29) is 6.61 Å². The molecule has 3 N–H and O–H groups in total. The zero-order valence-electron chi connectivity index (χ0n) is 14.1. The van der Waals surface area contributed by atoms with Crippen molar-refractivity contribution in [1.82, 2.24) is 15.8 Å². The van der Waals surface area contributed by atoms with Crippen LogP contribution in [-0.4, -0.2) is 23.4 Å². The Bertz CT molecular complexity index is 931. The normalized spacial score (nSPS) is 10.5. The van der Waals surface area contributed by atoms with Gasteiger partial charge in [0.1, 0.15) is 5.75 Å². The fourth-order valence-electron chi connectivity index (χ4n) is 2.44. The number of para-hydroxylation sites is 1. The van der Waals surface area contributed by atoms with Crippen molar-refractivity contribution < 1.29 is 14.3 Å². The van der Waals surface area contributed by atoms with Crippen LogP contribution in [0.3, 0.4) is 0 Å². The molecule has 128 valence electrons. The fourth-order valence-corrected chi connectivity index (χ4v) is 2.44. The average Bonchev–Trinajstić information content (AvgIpc) is 3.05. The van der Waals surface area contributed by atoms with Gasteiger partial charge in [0.15, 0.2) is 6.61 Å². The maximum atomic E-state index is 12.2. The second-order valence-electron chi connectivity index (χ2n) is 5.78. The van der Waals surface area contributed by atoms with Crippen molar-refractivity contribution >= 4 is 22.7 Å². The number of aromatic nitrogens is 1. The number of aryl methyl sites for hydroxylation is 2. The van der Waals surface area contributed by atoms with Crippen molar-refractivity contribution in [2.24, 2.45) is 0 Å². The highest BCUT2D eigenvalue weighted by Crippen LogP contribution is 2.17. The van der Waals surface area contributed by atoms with Gasteiger partial charge in [-0.25, -0.2) is 0 Å². The Labute approximate surface area is 145 Å². The van der Waals surface area contributed by atoms with Gasteiger partial charge in [-0.3, -0.25) is 20.4 Å². The summed E-state index contributed by atoms with van der Waals surface area (Å²) >= 11 is 0. The number of aromatic amines is 1. The van der Waals surface area contributed by atoms with Crippen LogP contribution in [0.2, 0.25) is 0 Å². The Balaban J connectivity index is 1.53. The van der Waals surface area contributed by atoms with Crippen LogP contribution in [0.4, 0.5) is 0 Å². The molecular formula is C19H19N3O3. The number of amides is 2. The number of nitrogens with one attached hydrogen (secondary N) is 3. The molecule has 3 aromatic rings. The minimum Gasteiger partial charge on any atom is -0.484 e. The second-order valence-corrected chi connectivity index (χ2v) is 5.78. The molecule has 0 aliphatic carbocycles. The van der Waals surface area contributed by atoms with Crippen LogP contribution in [0.1, 0.15) is 21.5 Å². The van der Waals surface area contributed by atoms with Crippen molar-refractivity contribution in [3.63, 3.8) is 0 Å². The smallest absolute Gasteiger partial charge is 0.276 e. The largest absolute Gasteiger partial charge is 0.484 e. The molecule has 0 bridgehead atoms. The molecule has 0 radical (unpaired) electrons. The van der Waals surface area contributed by atoms with Gasteiger partial charge in [0, 0.05) is 17.1 Å². The summed E-state index contributed by atoms with van der Waals surface area (Å²) in [4.78, 5) is 27.1. The first-order valence-corrected chi connectivity index (χ1v) is 7.90. The Morgan fingerprint density at radius 2 is 1.84 bits per heavy atom. The van der Waals surface area contributed by atoms with E-state index in [0.717, 1.165) is 22.0 Å². The minimum atomic E-state index is -0.439. The molecule has 2 amide bonds. The van der Waals surface area contributed by atoms with Gasteiger partial charge in [-0.2, -0.15) is 0 Å². The zero-order valence-corrected chi connectivity index (χ0v) is 14.1. The Morgan fingerprint density at radius 1 is 1.04 bits per heavy atom. The molecule has 0 saturated heterocycles. The van der Waals surface area contributed by atoms with Crippen molar-refractivity contribution in [2.75, 3.05) is 6.61 Å². The van der Waals surface area contributed by atoms with Crippen LogP contribution in [0.5, 0.6) is 5.75 Å². The molecule has 0 atom stereocenters. The number of fused-ring (bicyclic) bond motifs is 1. The summed E-state index contributed by atoms with van der Waals surface area (Å²) in [5, 5.41) is 0.792. The molecule has 6 nitrogen and oxygen atoms in total. The van der Waals surface area contributed by atoms with Gasteiger partial charge in [-0.15, -0.1) is 0 Å². The molecule has 0 fully saturated rings. The Kier molecular flexibility index (Phi) is 4.70. The molecular weight excluding hydrogens is 318 g/mol. The first-order chi connectivity index (χ1) is 12.0. The van der Waals surface area contributed by atoms with Gasteiger partial charge in [0.2, 0.25) is 0 Å². The molecule has 1 heterocycles. The molecule has 0 saturated carbocycles. The third-order valence-corrected chi connectivity index (χ3v) is 4.00. The minimum absolute atomic E-state index is 0.184. The lowest BCUT2D eigenvalue weighted by molar-refractivity contribution is -0.123. The van der Waals surface area contributed by atoms with E-state index >= 15 is 0 Å². The first-order valence-electron chi connectivity index (χ1n) is 7.90. The fraction of sp³-hybridized carbons (Fsp3) is 0.158. The van der Waals surface area contributed by atoms with Gasteiger partial charge in [0.05, 0.1) is 5.56 Å². The molecule has 25 heavy (non-hydrogen) atoms. The SMILES string of the molecule is Cc1ccc(OCC(=O)NNC(=O)c2c[nH]c3ccccc23)cc1C. The van der Waals surface area contributed by atoms with Crippen LogP contribution in [0.25, 0.3) is 10.9 Å². The topological polar surface area (TPSA) is 83.2 Å². The van der Waals surface area contributed by atoms with Crippen LogP contribution >= 0.6 is 0 Å². The van der Waals surface area contributed by atoms with Gasteiger partial charge in [-0.1, -0.05) is 24.3 Å². The number of rotatable bonds is 4. The van der Waals surface area contributed by atoms with Gasteiger partial charge in [0.25, 0.3) is 11.8 Å². The average molecular weight is 337 g/mol.